The molecule has 4 aromatic carbocycles. The normalized spacial score (nSPS) is 11.8. The number of benzene rings is 4. The quantitative estimate of drug-likeness (QED) is 0.133. The number of nitrogens with zero attached hydrogens (tertiary/aromatic N) is 4. The van der Waals surface area contributed by atoms with Crippen molar-refractivity contribution in [1.29, 1.82) is 0 Å². The maximum Gasteiger partial charge on any atom is 0.226 e. The topological polar surface area (TPSA) is 83.3 Å². The molecule has 11 heteroatoms. The fourth-order valence-electron chi connectivity index (χ4n) is 5.71. The molecule has 1 N–H and O–H groups in total. The Morgan fingerprint density at radius 3 is 2.26 bits per heavy atom. The van der Waals surface area contributed by atoms with Crippen molar-refractivity contribution in [2.45, 2.75) is 31.4 Å². The van der Waals surface area contributed by atoms with Crippen LogP contribution in [0.1, 0.15) is 36.7 Å². The third-order valence-corrected chi connectivity index (χ3v) is 10.0. The molecule has 0 spiro atoms. The molecule has 6 rings (SSSR count). The minimum absolute atomic E-state index is 0.105. The van der Waals surface area contributed by atoms with Crippen LogP contribution in [-0.4, -0.2) is 36.4 Å². The fourth-order valence-corrected chi connectivity index (χ4v) is 7.41. The molecule has 0 saturated carbocycles. The van der Waals surface area contributed by atoms with E-state index in [1.807, 2.05) is 29.9 Å². The summed E-state index contributed by atoms with van der Waals surface area (Å²) in [4.78, 5) is 13.1. The van der Waals surface area contributed by atoms with Gasteiger partial charge in [0, 0.05) is 42.9 Å². The Hall–Kier alpha value is -4.93. The summed E-state index contributed by atoms with van der Waals surface area (Å²) in [6.45, 7) is 4.68. The Labute approximate surface area is 280 Å². The van der Waals surface area contributed by atoms with Crippen molar-refractivity contribution >= 4 is 43.8 Å². The molecule has 47 heavy (non-hydrogen) atoms. The molecule has 6 aromatic rings. The number of methoxy groups -OCH3 is 1. The number of imidazole rings is 1. The van der Waals surface area contributed by atoms with E-state index in [1.165, 1.54) is 23.5 Å². The summed E-state index contributed by atoms with van der Waals surface area (Å²) in [5.74, 6) is 2.10. The first-order chi connectivity index (χ1) is 22.7. The molecule has 0 fully saturated rings. The van der Waals surface area contributed by atoms with Gasteiger partial charge in [0.1, 0.15) is 36.1 Å². The van der Waals surface area contributed by atoms with Gasteiger partial charge in [0.2, 0.25) is 9.76 Å². The second-order valence-electron chi connectivity index (χ2n) is 11.9. The summed E-state index contributed by atoms with van der Waals surface area (Å²) in [7, 11) is 2.17. The Balaban J connectivity index is 1.25. The molecule has 0 amide bonds. The third-order valence-electron chi connectivity index (χ3n) is 8.12. The number of nitrogens with one attached hydrogen (secondary N) is 1. The highest BCUT2D eigenvalue weighted by molar-refractivity contribution is 6.36. The standard InChI is InChI=1S/C36H35ClFN5O3Si/c1-36(2,34(23-11-7-5-8-12-23)24-13-9-6-10-14-24)47-46-30-20-29(27(38)18-26(30)37)42-35-25-17-31(44-4)32(19-28(25)40-22-41-35)45-21-33-39-15-16-43(33)3/h5-20,22,34H,21,47H2,1-4H3,(H,40,41,42). The molecular weight excluding hydrogens is 633 g/mol. The van der Waals surface area contributed by atoms with E-state index in [-0.39, 0.29) is 28.3 Å². The van der Waals surface area contributed by atoms with Crippen molar-refractivity contribution in [3.8, 4) is 17.2 Å². The molecule has 0 aliphatic rings. The largest absolute Gasteiger partial charge is 0.548 e. The second kappa shape index (κ2) is 13.8. The summed E-state index contributed by atoms with van der Waals surface area (Å²) in [6.07, 6.45) is 4.97. The maximum atomic E-state index is 15.4. The van der Waals surface area contributed by atoms with Crippen molar-refractivity contribution in [3.05, 3.63) is 131 Å². The first-order valence-corrected chi connectivity index (χ1v) is 16.8. The van der Waals surface area contributed by atoms with E-state index in [0.29, 0.717) is 34.0 Å². The van der Waals surface area contributed by atoms with Crippen molar-refractivity contribution in [1.82, 2.24) is 19.5 Å². The number of ether oxygens (including phenoxy) is 2. The highest BCUT2D eigenvalue weighted by Gasteiger charge is 2.34. The van der Waals surface area contributed by atoms with Crippen molar-refractivity contribution in [3.63, 3.8) is 0 Å². The second-order valence-corrected chi connectivity index (χ2v) is 14.7. The number of aromatic nitrogens is 4. The smallest absolute Gasteiger partial charge is 0.226 e. The van der Waals surface area contributed by atoms with Gasteiger partial charge in [-0.15, -0.1) is 0 Å². The van der Waals surface area contributed by atoms with Crippen LogP contribution >= 0.6 is 11.6 Å². The minimum atomic E-state index is -1.28. The van der Waals surface area contributed by atoms with Gasteiger partial charge in [0.05, 0.1) is 23.3 Å². The molecule has 0 unspecified atom stereocenters. The van der Waals surface area contributed by atoms with Gasteiger partial charge in [-0.05, 0) is 28.3 Å². The molecule has 0 atom stereocenters. The SMILES string of the molecule is COc1cc2c(Nc3cc(O[SiH2]C(C)(C)C(c4ccccc4)c4ccccc4)c(Cl)cc3F)ncnc2cc1OCc1nccn1C. The first kappa shape index (κ1) is 32.0. The average Bonchev–Trinajstić information content (AvgIpc) is 3.49. The number of aryl methyl sites for hydroxylation is 1. The summed E-state index contributed by atoms with van der Waals surface area (Å²) >= 11 is 6.54. The Morgan fingerprint density at radius 1 is 0.915 bits per heavy atom. The van der Waals surface area contributed by atoms with Gasteiger partial charge in [0.15, 0.2) is 11.5 Å². The van der Waals surface area contributed by atoms with Crippen molar-refractivity contribution in [2.24, 2.45) is 7.05 Å². The van der Waals surface area contributed by atoms with Crippen LogP contribution in [0.15, 0.2) is 104 Å². The van der Waals surface area contributed by atoms with Gasteiger partial charge < -0.3 is 23.8 Å². The molecule has 240 valence electrons. The van der Waals surface area contributed by atoms with Crippen LogP contribution in [0.3, 0.4) is 0 Å². The molecule has 0 aliphatic heterocycles. The number of anilines is 2. The average molecular weight is 668 g/mol. The molecule has 2 heterocycles. The Morgan fingerprint density at radius 2 is 1.62 bits per heavy atom. The lowest BCUT2D eigenvalue weighted by molar-refractivity contribution is 0.273. The lowest BCUT2D eigenvalue weighted by Gasteiger charge is -2.35. The first-order valence-electron chi connectivity index (χ1n) is 15.1. The van der Waals surface area contributed by atoms with E-state index in [1.54, 1.807) is 31.5 Å². The molecule has 0 bridgehead atoms. The van der Waals surface area contributed by atoms with Crippen molar-refractivity contribution in [2.75, 3.05) is 12.4 Å². The third kappa shape index (κ3) is 7.08. The van der Waals surface area contributed by atoms with E-state index in [4.69, 9.17) is 25.5 Å². The lowest BCUT2D eigenvalue weighted by atomic mass is 9.82. The number of hydrogen-bond donors (Lipinski definition) is 1. The zero-order chi connectivity index (χ0) is 33.0. The fraction of sp³-hybridized carbons (Fsp3) is 0.194. The van der Waals surface area contributed by atoms with E-state index < -0.39 is 15.6 Å². The van der Waals surface area contributed by atoms with Crippen LogP contribution in [0.2, 0.25) is 10.1 Å². The summed E-state index contributed by atoms with van der Waals surface area (Å²) < 4.78 is 35.4. The molecule has 0 aliphatic carbocycles. The van der Waals surface area contributed by atoms with Crippen LogP contribution in [0.4, 0.5) is 15.9 Å². The van der Waals surface area contributed by atoms with Gasteiger partial charge >= 0.3 is 0 Å². The van der Waals surface area contributed by atoms with E-state index in [0.717, 1.165) is 5.82 Å². The predicted molar refractivity (Wildman–Crippen MR) is 186 cm³/mol. The molecule has 0 radical (unpaired) electrons. The maximum absolute atomic E-state index is 15.4. The predicted octanol–water partition coefficient (Wildman–Crippen LogP) is 7.98. The van der Waals surface area contributed by atoms with Gasteiger partial charge in [0.25, 0.3) is 0 Å². The highest BCUT2D eigenvalue weighted by atomic mass is 35.5. The highest BCUT2D eigenvalue weighted by Crippen LogP contribution is 2.46. The van der Waals surface area contributed by atoms with Crippen LogP contribution in [0, 0.1) is 5.82 Å². The summed E-state index contributed by atoms with van der Waals surface area (Å²) in [5, 5.41) is 3.73. The Kier molecular flexibility index (Phi) is 9.42. The Bertz CT molecular complexity index is 1950. The molecule has 2 aromatic heterocycles. The van der Waals surface area contributed by atoms with Crippen molar-refractivity contribution < 1.29 is 18.3 Å². The van der Waals surface area contributed by atoms with Gasteiger partial charge in [-0.2, -0.15) is 0 Å². The van der Waals surface area contributed by atoms with Crippen LogP contribution < -0.4 is 19.2 Å². The molecule has 0 saturated heterocycles. The van der Waals surface area contributed by atoms with Crippen LogP contribution in [0.5, 0.6) is 17.2 Å². The monoisotopic (exact) mass is 667 g/mol. The lowest BCUT2D eigenvalue weighted by Crippen LogP contribution is -2.27. The summed E-state index contributed by atoms with van der Waals surface area (Å²) in [5.41, 5.74) is 3.19. The zero-order valence-electron chi connectivity index (χ0n) is 26.6. The number of halogens is 2. The van der Waals surface area contributed by atoms with Gasteiger partial charge in [-0.25, -0.2) is 19.3 Å². The van der Waals surface area contributed by atoms with E-state index in [9.17, 15) is 0 Å². The van der Waals surface area contributed by atoms with Gasteiger partial charge in [-0.1, -0.05) is 86.1 Å². The van der Waals surface area contributed by atoms with Gasteiger partial charge in [-0.3, -0.25) is 0 Å². The zero-order valence-corrected chi connectivity index (χ0v) is 28.7. The number of rotatable bonds is 12. The number of hydrogen-bond acceptors (Lipinski definition) is 7. The summed E-state index contributed by atoms with van der Waals surface area (Å²) in [6, 6.07) is 27.3. The van der Waals surface area contributed by atoms with Crippen LogP contribution in [-0.2, 0) is 13.7 Å². The molecular formula is C36H35ClFN5O3Si. The minimum Gasteiger partial charge on any atom is -0.548 e. The van der Waals surface area contributed by atoms with E-state index in [2.05, 4.69) is 82.6 Å². The molecule has 8 nitrogen and oxygen atoms in total. The number of fused-ring (bicyclic) bond motifs is 1. The van der Waals surface area contributed by atoms with E-state index >= 15 is 4.39 Å². The van der Waals surface area contributed by atoms with Crippen LogP contribution in [0.25, 0.3) is 10.9 Å².